The highest BCUT2D eigenvalue weighted by Crippen LogP contribution is 2.18. The number of halogens is 1. The fraction of sp³-hybridized carbons (Fsp3) is 0.333. The van der Waals surface area contributed by atoms with E-state index in [1.807, 2.05) is 16.7 Å². The van der Waals surface area contributed by atoms with Crippen molar-refractivity contribution in [2.45, 2.75) is 19.9 Å². The highest BCUT2D eigenvalue weighted by atomic mass is 79.9. The summed E-state index contributed by atoms with van der Waals surface area (Å²) in [5.41, 5.74) is 7.49. The molecule has 2 N–H and O–H groups in total. The van der Waals surface area contributed by atoms with Gasteiger partial charge in [-0.05, 0) is 27.6 Å². The predicted molar refractivity (Wildman–Crippen MR) is 58.0 cm³/mol. The lowest BCUT2D eigenvalue weighted by atomic mass is 10.2. The molecule has 14 heavy (non-hydrogen) atoms. The van der Waals surface area contributed by atoms with Gasteiger partial charge in [0.1, 0.15) is 5.82 Å². The maximum Gasteiger partial charge on any atom is 0.161 e. The second kappa shape index (κ2) is 3.67. The van der Waals surface area contributed by atoms with Crippen LogP contribution in [-0.2, 0) is 13.0 Å². The Balaban J connectivity index is 2.69. The summed E-state index contributed by atoms with van der Waals surface area (Å²) in [6.07, 6.45) is 2.84. The molecule has 0 aliphatic heterocycles. The fourth-order valence-electron chi connectivity index (χ4n) is 1.40. The quantitative estimate of drug-likeness (QED) is 0.884. The molecule has 0 aliphatic rings. The topological polar surface area (TPSA) is 56.2 Å². The SMILES string of the molecule is CCc1nnc2cc(CN)c(Br)cn12. The molecule has 0 aromatic carbocycles. The molecule has 0 aliphatic carbocycles. The fourth-order valence-corrected chi connectivity index (χ4v) is 1.88. The molecule has 0 fully saturated rings. The van der Waals surface area contributed by atoms with E-state index >= 15 is 0 Å². The summed E-state index contributed by atoms with van der Waals surface area (Å²) in [6.45, 7) is 2.56. The van der Waals surface area contributed by atoms with Crippen molar-refractivity contribution < 1.29 is 0 Å². The van der Waals surface area contributed by atoms with E-state index in [0.717, 1.165) is 27.9 Å². The number of pyridine rings is 1. The number of hydrogen-bond donors (Lipinski definition) is 1. The van der Waals surface area contributed by atoms with Crippen LogP contribution in [-0.4, -0.2) is 14.6 Å². The van der Waals surface area contributed by atoms with Gasteiger partial charge in [-0.2, -0.15) is 0 Å². The molecule has 0 spiro atoms. The minimum absolute atomic E-state index is 0.505. The molecule has 0 bridgehead atoms. The highest BCUT2D eigenvalue weighted by molar-refractivity contribution is 9.10. The summed E-state index contributed by atoms with van der Waals surface area (Å²) in [7, 11) is 0. The van der Waals surface area contributed by atoms with E-state index in [1.54, 1.807) is 0 Å². The number of rotatable bonds is 2. The van der Waals surface area contributed by atoms with Crippen LogP contribution in [0.25, 0.3) is 5.65 Å². The maximum atomic E-state index is 5.59. The van der Waals surface area contributed by atoms with Gasteiger partial charge in [0.25, 0.3) is 0 Å². The van der Waals surface area contributed by atoms with Crippen molar-refractivity contribution in [3.8, 4) is 0 Å². The van der Waals surface area contributed by atoms with Crippen molar-refractivity contribution in [2.24, 2.45) is 5.73 Å². The van der Waals surface area contributed by atoms with Crippen LogP contribution >= 0.6 is 15.9 Å². The predicted octanol–water partition coefficient (Wildman–Crippen LogP) is 1.51. The number of hydrogen-bond acceptors (Lipinski definition) is 3. The Morgan fingerprint density at radius 2 is 2.29 bits per heavy atom. The van der Waals surface area contributed by atoms with E-state index in [2.05, 4.69) is 33.1 Å². The van der Waals surface area contributed by atoms with Crippen LogP contribution in [0.1, 0.15) is 18.3 Å². The van der Waals surface area contributed by atoms with Crippen LogP contribution in [0.2, 0.25) is 0 Å². The Hall–Kier alpha value is -0.940. The van der Waals surface area contributed by atoms with E-state index < -0.39 is 0 Å². The Morgan fingerprint density at radius 3 is 2.93 bits per heavy atom. The third-order valence-corrected chi connectivity index (χ3v) is 2.90. The molecular weight excluding hydrogens is 244 g/mol. The molecule has 0 saturated heterocycles. The van der Waals surface area contributed by atoms with Gasteiger partial charge in [0.15, 0.2) is 5.65 Å². The highest BCUT2D eigenvalue weighted by Gasteiger charge is 2.06. The molecule has 0 unspecified atom stereocenters. The van der Waals surface area contributed by atoms with Crippen LogP contribution in [0.5, 0.6) is 0 Å². The molecule has 0 radical (unpaired) electrons. The van der Waals surface area contributed by atoms with Crippen LogP contribution < -0.4 is 5.73 Å². The van der Waals surface area contributed by atoms with Crippen molar-refractivity contribution in [2.75, 3.05) is 0 Å². The number of fused-ring (bicyclic) bond motifs is 1. The summed E-state index contributed by atoms with van der Waals surface area (Å²) >= 11 is 3.47. The Bertz CT molecular complexity index is 463. The van der Waals surface area contributed by atoms with Crippen molar-refractivity contribution >= 4 is 21.6 Å². The van der Waals surface area contributed by atoms with Gasteiger partial charge in [-0.15, -0.1) is 10.2 Å². The van der Waals surface area contributed by atoms with Crippen LogP contribution in [0.3, 0.4) is 0 Å². The molecule has 4 nitrogen and oxygen atoms in total. The number of aryl methyl sites for hydroxylation is 1. The lowest BCUT2D eigenvalue weighted by Gasteiger charge is -2.02. The van der Waals surface area contributed by atoms with Crippen molar-refractivity contribution in [3.63, 3.8) is 0 Å². The van der Waals surface area contributed by atoms with Gasteiger partial charge >= 0.3 is 0 Å². The lowest BCUT2D eigenvalue weighted by Crippen LogP contribution is -2.00. The van der Waals surface area contributed by atoms with E-state index in [9.17, 15) is 0 Å². The summed E-state index contributed by atoms with van der Waals surface area (Å²) in [4.78, 5) is 0. The zero-order valence-electron chi connectivity index (χ0n) is 7.87. The van der Waals surface area contributed by atoms with Gasteiger partial charge in [-0.25, -0.2) is 0 Å². The normalized spacial score (nSPS) is 11.1. The first-order valence-electron chi connectivity index (χ1n) is 4.48. The maximum absolute atomic E-state index is 5.59. The van der Waals surface area contributed by atoms with Gasteiger partial charge in [-0.1, -0.05) is 6.92 Å². The van der Waals surface area contributed by atoms with Gasteiger partial charge in [-0.3, -0.25) is 4.40 Å². The first-order valence-corrected chi connectivity index (χ1v) is 5.27. The molecule has 2 heterocycles. The summed E-state index contributed by atoms with van der Waals surface area (Å²) in [5, 5.41) is 8.16. The van der Waals surface area contributed by atoms with Gasteiger partial charge in [0.05, 0.1) is 0 Å². The number of nitrogens with zero attached hydrogens (tertiary/aromatic N) is 3. The summed E-state index contributed by atoms with van der Waals surface area (Å²) < 4.78 is 2.98. The number of nitrogens with two attached hydrogens (primary N) is 1. The molecule has 0 saturated carbocycles. The third kappa shape index (κ3) is 1.42. The minimum Gasteiger partial charge on any atom is -0.326 e. The van der Waals surface area contributed by atoms with Gasteiger partial charge in [0.2, 0.25) is 0 Å². The minimum atomic E-state index is 0.505. The first kappa shape index (κ1) is 9.61. The van der Waals surface area contributed by atoms with E-state index in [1.165, 1.54) is 0 Å². The Kier molecular flexibility index (Phi) is 2.52. The molecule has 74 valence electrons. The van der Waals surface area contributed by atoms with E-state index in [4.69, 9.17) is 5.73 Å². The van der Waals surface area contributed by atoms with Crippen LogP contribution in [0.15, 0.2) is 16.7 Å². The molecule has 2 aromatic rings. The van der Waals surface area contributed by atoms with E-state index in [0.29, 0.717) is 6.54 Å². The zero-order valence-corrected chi connectivity index (χ0v) is 9.45. The molecule has 5 heteroatoms. The summed E-state index contributed by atoms with van der Waals surface area (Å²) in [6, 6.07) is 1.95. The Morgan fingerprint density at radius 1 is 1.50 bits per heavy atom. The average Bonchev–Trinajstić information content (AvgIpc) is 2.58. The van der Waals surface area contributed by atoms with Crippen molar-refractivity contribution in [1.29, 1.82) is 0 Å². The molecular formula is C9H11BrN4. The summed E-state index contributed by atoms with van der Waals surface area (Å²) in [5.74, 6) is 0.962. The molecule has 0 amide bonds. The van der Waals surface area contributed by atoms with Crippen LogP contribution in [0.4, 0.5) is 0 Å². The largest absolute Gasteiger partial charge is 0.326 e. The molecule has 2 aromatic heterocycles. The molecule has 2 rings (SSSR count). The van der Waals surface area contributed by atoms with Gasteiger partial charge < -0.3 is 5.73 Å². The third-order valence-electron chi connectivity index (χ3n) is 2.18. The van der Waals surface area contributed by atoms with Crippen LogP contribution in [0, 0.1) is 0 Å². The zero-order chi connectivity index (χ0) is 10.1. The van der Waals surface area contributed by atoms with Crippen molar-refractivity contribution in [1.82, 2.24) is 14.6 Å². The lowest BCUT2D eigenvalue weighted by molar-refractivity contribution is 0.905. The second-order valence-corrected chi connectivity index (χ2v) is 3.90. The smallest absolute Gasteiger partial charge is 0.161 e. The Labute approximate surface area is 90.3 Å². The van der Waals surface area contributed by atoms with Gasteiger partial charge in [0, 0.05) is 23.6 Å². The van der Waals surface area contributed by atoms with Crippen molar-refractivity contribution in [3.05, 3.63) is 28.1 Å². The monoisotopic (exact) mass is 254 g/mol. The molecule has 0 atom stereocenters. The standard InChI is InChI=1S/C9H11BrN4/c1-2-8-12-13-9-3-6(4-11)7(10)5-14(8)9/h3,5H,2,4,11H2,1H3. The van der Waals surface area contributed by atoms with E-state index in [-0.39, 0.29) is 0 Å². The average molecular weight is 255 g/mol. The number of aromatic nitrogens is 3. The second-order valence-electron chi connectivity index (χ2n) is 3.05. The first-order chi connectivity index (χ1) is 6.76.